The van der Waals surface area contributed by atoms with E-state index in [1.165, 1.54) is 20.5 Å². The molecule has 2 aliphatic rings. The summed E-state index contributed by atoms with van der Waals surface area (Å²) in [4.78, 5) is 10.7. The number of methoxy groups -OCH3 is 2. The standard InChI is InChI=1S/C10H10O4.C9H8O3/c1-12-8-5-10-9(4-7(8)6-11)13-2-3-14-10;1-10-9-6-11-7-4-2-3-5-8(7)12-9/h4-6H,2-3H2,1H3;2-6H,1H3. The molecule has 7 heteroatoms. The summed E-state index contributed by atoms with van der Waals surface area (Å²) in [7, 11) is 3.04. The van der Waals surface area contributed by atoms with E-state index in [1.54, 1.807) is 12.1 Å². The molecule has 0 bridgehead atoms. The molecule has 0 fully saturated rings. The normalized spacial score (nSPS) is 13.5. The van der Waals surface area contributed by atoms with Gasteiger partial charge in [0.1, 0.15) is 19.0 Å². The Hall–Kier alpha value is -3.35. The van der Waals surface area contributed by atoms with Gasteiger partial charge in [0, 0.05) is 6.07 Å². The van der Waals surface area contributed by atoms with Crippen molar-refractivity contribution in [1.29, 1.82) is 0 Å². The van der Waals surface area contributed by atoms with Crippen molar-refractivity contribution >= 4 is 6.29 Å². The summed E-state index contributed by atoms with van der Waals surface area (Å²) in [5.74, 6) is 3.48. The van der Waals surface area contributed by atoms with Crippen molar-refractivity contribution in [3.05, 3.63) is 54.2 Å². The van der Waals surface area contributed by atoms with Crippen LogP contribution in [0.3, 0.4) is 0 Å². The van der Waals surface area contributed by atoms with Gasteiger partial charge in [0.05, 0.1) is 19.8 Å². The van der Waals surface area contributed by atoms with E-state index >= 15 is 0 Å². The third kappa shape index (κ3) is 3.83. The molecule has 2 aromatic rings. The topological polar surface area (TPSA) is 72.5 Å². The average Bonchev–Trinajstić information content (AvgIpc) is 2.72. The van der Waals surface area contributed by atoms with Gasteiger partial charge in [0.25, 0.3) is 0 Å². The van der Waals surface area contributed by atoms with Gasteiger partial charge in [0.2, 0.25) is 0 Å². The van der Waals surface area contributed by atoms with E-state index in [-0.39, 0.29) is 0 Å². The quantitative estimate of drug-likeness (QED) is 0.780. The first-order valence-electron chi connectivity index (χ1n) is 7.85. The van der Waals surface area contributed by atoms with Gasteiger partial charge in [-0.2, -0.15) is 0 Å². The van der Waals surface area contributed by atoms with Gasteiger partial charge in [0.15, 0.2) is 35.5 Å². The second kappa shape index (κ2) is 8.15. The van der Waals surface area contributed by atoms with Crippen molar-refractivity contribution in [3.63, 3.8) is 0 Å². The number of aldehydes is 1. The number of hydrogen-bond acceptors (Lipinski definition) is 7. The number of rotatable bonds is 3. The lowest BCUT2D eigenvalue weighted by molar-refractivity contribution is 0.111. The zero-order chi connectivity index (χ0) is 18.4. The highest BCUT2D eigenvalue weighted by Crippen LogP contribution is 2.36. The summed E-state index contributed by atoms with van der Waals surface area (Å²) >= 11 is 0. The van der Waals surface area contributed by atoms with Crippen LogP contribution in [0.4, 0.5) is 0 Å². The van der Waals surface area contributed by atoms with Crippen molar-refractivity contribution < 1.29 is 33.2 Å². The predicted octanol–water partition coefficient (Wildman–Crippen LogP) is 3.18. The minimum Gasteiger partial charge on any atom is -0.496 e. The Labute approximate surface area is 150 Å². The van der Waals surface area contributed by atoms with Crippen molar-refractivity contribution in [3.8, 4) is 28.7 Å². The molecule has 136 valence electrons. The van der Waals surface area contributed by atoms with E-state index in [1.807, 2.05) is 24.3 Å². The fourth-order valence-electron chi connectivity index (χ4n) is 2.32. The van der Waals surface area contributed by atoms with Gasteiger partial charge in [-0.15, -0.1) is 0 Å². The summed E-state index contributed by atoms with van der Waals surface area (Å²) in [6.07, 6.45) is 2.17. The molecule has 0 radical (unpaired) electrons. The van der Waals surface area contributed by atoms with E-state index < -0.39 is 0 Å². The summed E-state index contributed by atoms with van der Waals surface area (Å²) in [6.45, 7) is 1.04. The van der Waals surface area contributed by atoms with Gasteiger partial charge in [-0.05, 0) is 18.2 Å². The minimum absolute atomic E-state index is 0.369. The number of benzene rings is 2. The molecule has 0 saturated carbocycles. The molecule has 2 heterocycles. The number of para-hydroxylation sites is 2. The zero-order valence-electron chi connectivity index (χ0n) is 14.4. The van der Waals surface area contributed by atoms with Crippen molar-refractivity contribution in [2.75, 3.05) is 27.4 Å². The number of ether oxygens (including phenoxy) is 6. The molecule has 26 heavy (non-hydrogen) atoms. The Morgan fingerprint density at radius 1 is 0.923 bits per heavy atom. The van der Waals surface area contributed by atoms with Crippen LogP contribution >= 0.6 is 0 Å². The maximum atomic E-state index is 10.7. The Morgan fingerprint density at radius 3 is 2.27 bits per heavy atom. The number of carbonyl (C=O) groups excluding carboxylic acids is 1. The van der Waals surface area contributed by atoms with Crippen molar-refractivity contribution in [2.45, 2.75) is 0 Å². The summed E-state index contributed by atoms with van der Waals surface area (Å²) in [5.41, 5.74) is 0.469. The van der Waals surface area contributed by atoms with E-state index in [0.29, 0.717) is 53.5 Å². The second-order valence-corrected chi connectivity index (χ2v) is 5.16. The molecule has 2 aliphatic heterocycles. The van der Waals surface area contributed by atoms with Crippen LogP contribution in [-0.2, 0) is 4.74 Å². The molecule has 0 amide bonds. The molecule has 0 spiro atoms. The number of fused-ring (bicyclic) bond motifs is 2. The molecule has 0 N–H and O–H groups in total. The first kappa shape index (κ1) is 17.5. The van der Waals surface area contributed by atoms with E-state index in [2.05, 4.69) is 0 Å². The first-order chi connectivity index (χ1) is 12.7. The lowest BCUT2D eigenvalue weighted by atomic mass is 10.2. The lowest BCUT2D eigenvalue weighted by Crippen LogP contribution is -2.15. The van der Waals surface area contributed by atoms with Gasteiger partial charge in [-0.25, -0.2) is 0 Å². The van der Waals surface area contributed by atoms with Gasteiger partial charge >= 0.3 is 5.95 Å². The van der Waals surface area contributed by atoms with E-state index in [0.717, 1.165) is 6.29 Å². The maximum absolute atomic E-state index is 10.7. The van der Waals surface area contributed by atoms with Gasteiger partial charge in [-0.3, -0.25) is 4.79 Å². The smallest absolute Gasteiger partial charge is 0.321 e. The summed E-state index contributed by atoms with van der Waals surface area (Å²) < 4.78 is 31.1. The van der Waals surface area contributed by atoms with E-state index in [9.17, 15) is 4.79 Å². The molecule has 4 rings (SSSR count). The van der Waals surface area contributed by atoms with Crippen LogP contribution in [0.25, 0.3) is 0 Å². The van der Waals surface area contributed by atoms with Crippen LogP contribution in [0.1, 0.15) is 10.4 Å². The van der Waals surface area contributed by atoms with Crippen LogP contribution in [0.5, 0.6) is 28.7 Å². The van der Waals surface area contributed by atoms with Crippen LogP contribution in [0.15, 0.2) is 48.6 Å². The third-order valence-corrected chi connectivity index (χ3v) is 3.56. The molecule has 0 saturated heterocycles. The number of carbonyl (C=O) groups is 1. The average molecular weight is 358 g/mol. The number of hydrogen-bond donors (Lipinski definition) is 0. The highest BCUT2D eigenvalue weighted by molar-refractivity contribution is 5.81. The zero-order valence-corrected chi connectivity index (χ0v) is 14.4. The fourth-order valence-corrected chi connectivity index (χ4v) is 2.32. The van der Waals surface area contributed by atoms with Crippen LogP contribution in [0.2, 0.25) is 0 Å². The monoisotopic (exact) mass is 358 g/mol. The molecule has 0 aliphatic carbocycles. The molecular formula is C19H18O7. The lowest BCUT2D eigenvalue weighted by Gasteiger charge is -2.19. The summed E-state index contributed by atoms with van der Waals surface area (Å²) in [6, 6.07) is 10.7. The van der Waals surface area contributed by atoms with Gasteiger partial charge in [-0.1, -0.05) is 12.1 Å². The van der Waals surface area contributed by atoms with Crippen LogP contribution < -0.4 is 23.7 Å². The maximum Gasteiger partial charge on any atom is 0.321 e. The molecule has 2 aromatic carbocycles. The third-order valence-electron chi connectivity index (χ3n) is 3.56. The molecule has 7 nitrogen and oxygen atoms in total. The Morgan fingerprint density at radius 2 is 1.62 bits per heavy atom. The molecule has 0 atom stereocenters. The fraction of sp³-hybridized carbons (Fsp3) is 0.211. The molecule has 0 aromatic heterocycles. The molecular weight excluding hydrogens is 340 g/mol. The van der Waals surface area contributed by atoms with E-state index in [4.69, 9.17) is 28.4 Å². The Balaban J connectivity index is 0.000000152. The highest BCUT2D eigenvalue weighted by Gasteiger charge is 2.15. The van der Waals surface area contributed by atoms with Crippen molar-refractivity contribution in [1.82, 2.24) is 0 Å². The van der Waals surface area contributed by atoms with Crippen LogP contribution in [0, 0.1) is 0 Å². The van der Waals surface area contributed by atoms with Gasteiger partial charge < -0.3 is 28.4 Å². The Kier molecular flexibility index (Phi) is 5.48. The van der Waals surface area contributed by atoms with Crippen molar-refractivity contribution in [2.24, 2.45) is 0 Å². The SMILES string of the molecule is COC1=COc2ccccc2O1.COc1cc2c(cc1C=O)OCCO2. The predicted molar refractivity (Wildman–Crippen MR) is 92.2 cm³/mol. The second-order valence-electron chi connectivity index (χ2n) is 5.16. The first-order valence-corrected chi connectivity index (χ1v) is 7.85. The summed E-state index contributed by atoms with van der Waals surface area (Å²) in [5, 5.41) is 0. The Bertz CT molecular complexity index is 814. The highest BCUT2D eigenvalue weighted by atomic mass is 16.7. The largest absolute Gasteiger partial charge is 0.496 e. The van der Waals surface area contributed by atoms with Crippen LogP contribution in [-0.4, -0.2) is 33.7 Å². The minimum atomic E-state index is 0.369. The molecule has 0 unspecified atom stereocenters.